The minimum absolute atomic E-state index is 1.28. The summed E-state index contributed by atoms with van der Waals surface area (Å²) in [5, 5.41) is 1.34. The van der Waals surface area contributed by atoms with E-state index in [0.717, 1.165) is 0 Å². The highest BCUT2D eigenvalue weighted by atomic mass is 14.9. The molecule has 0 aliphatic carbocycles. The first kappa shape index (κ1) is 10.2. The second kappa shape index (κ2) is 3.77. The van der Waals surface area contributed by atoms with E-state index in [1.54, 1.807) is 0 Å². The molecule has 0 saturated heterocycles. The average molecular weight is 221 g/mol. The molecule has 17 heavy (non-hydrogen) atoms. The van der Waals surface area contributed by atoms with Crippen molar-refractivity contribution in [1.82, 2.24) is 4.57 Å². The van der Waals surface area contributed by atoms with Crippen LogP contribution in [-0.2, 0) is 7.05 Å². The molecule has 1 heteroatoms. The third-order valence-corrected chi connectivity index (χ3v) is 3.30. The van der Waals surface area contributed by atoms with Gasteiger partial charge in [-0.2, -0.15) is 0 Å². The first-order valence-electron chi connectivity index (χ1n) is 5.87. The molecule has 0 aliphatic rings. The molecule has 84 valence electrons. The highest BCUT2D eigenvalue weighted by Gasteiger charge is 2.04. The summed E-state index contributed by atoms with van der Waals surface area (Å²) >= 11 is 0. The molecule has 0 amide bonds. The van der Waals surface area contributed by atoms with Gasteiger partial charge in [0.15, 0.2) is 0 Å². The predicted octanol–water partition coefficient (Wildman–Crippen LogP) is 4.15. The van der Waals surface area contributed by atoms with Gasteiger partial charge in [0.25, 0.3) is 0 Å². The van der Waals surface area contributed by atoms with Crippen LogP contribution in [0.4, 0.5) is 0 Å². The zero-order valence-electron chi connectivity index (χ0n) is 10.1. The number of aryl methyl sites for hydroxylation is 2. The van der Waals surface area contributed by atoms with Crippen molar-refractivity contribution in [3.8, 4) is 11.1 Å². The van der Waals surface area contributed by atoms with Gasteiger partial charge < -0.3 is 4.57 Å². The van der Waals surface area contributed by atoms with Crippen LogP contribution in [-0.4, -0.2) is 4.57 Å². The Morgan fingerprint density at radius 1 is 0.882 bits per heavy atom. The summed E-state index contributed by atoms with van der Waals surface area (Å²) in [6.07, 6.45) is 2.18. The molecule has 1 aromatic heterocycles. The molecule has 0 N–H and O–H groups in total. The number of hydrogen-bond acceptors (Lipinski definition) is 0. The van der Waals surface area contributed by atoms with Crippen LogP contribution in [0, 0.1) is 6.92 Å². The van der Waals surface area contributed by atoms with Crippen molar-refractivity contribution in [2.75, 3.05) is 0 Å². The third kappa shape index (κ3) is 1.64. The molecule has 0 fully saturated rings. The van der Waals surface area contributed by atoms with Gasteiger partial charge in [-0.05, 0) is 35.7 Å². The van der Waals surface area contributed by atoms with E-state index < -0.39 is 0 Å². The molecule has 0 aliphatic heterocycles. The molecule has 1 heterocycles. The molecule has 0 radical (unpaired) electrons. The van der Waals surface area contributed by atoms with Crippen LogP contribution in [0.1, 0.15) is 5.56 Å². The molecule has 0 saturated carbocycles. The molecule has 1 nitrogen and oxygen atoms in total. The number of hydrogen-bond donors (Lipinski definition) is 0. The van der Waals surface area contributed by atoms with Crippen LogP contribution in [0.15, 0.2) is 54.7 Å². The van der Waals surface area contributed by atoms with Gasteiger partial charge in [0.2, 0.25) is 0 Å². The third-order valence-electron chi connectivity index (χ3n) is 3.30. The Morgan fingerprint density at radius 2 is 1.65 bits per heavy atom. The van der Waals surface area contributed by atoms with Crippen LogP contribution < -0.4 is 0 Å². The van der Waals surface area contributed by atoms with Crippen LogP contribution in [0.2, 0.25) is 0 Å². The fourth-order valence-corrected chi connectivity index (χ4v) is 2.40. The highest BCUT2D eigenvalue weighted by Crippen LogP contribution is 2.26. The summed E-state index contributed by atoms with van der Waals surface area (Å²) in [5.74, 6) is 0. The Hall–Kier alpha value is -2.02. The van der Waals surface area contributed by atoms with Gasteiger partial charge in [-0.15, -0.1) is 0 Å². The van der Waals surface area contributed by atoms with Crippen molar-refractivity contribution in [2.45, 2.75) is 6.92 Å². The van der Waals surface area contributed by atoms with Gasteiger partial charge in [-0.3, -0.25) is 0 Å². The van der Waals surface area contributed by atoms with E-state index in [9.17, 15) is 0 Å². The minimum atomic E-state index is 1.28. The lowest BCUT2D eigenvalue weighted by molar-refractivity contribution is 0.964. The maximum atomic E-state index is 2.28. The van der Waals surface area contributed by atoms with E-state index in [0.29, 0.717) is 0 Å². The van der Waals surface area contributed by atoms with Gasteiger partial charge in [-0.25, -0.2) is 0 Å². The van der Waals surface area contributed by atoms with E-state index in [1.807, 2.05) is 0 Å². The Kier molecular flexibility index (Phi) is 2.25. The zero-order chi connectivity index (χ0) is 11.8. The number of benzene rings is 2. The van der Waals surface area contributed by atoms with Crippen molar-refractivity contribution in [2.24, 2.45) is 7.05 Å². The standard InChI is InChI=1S/C16H15N/c1-12-11-17(2)16-9-8-14(10-15(12)16)13-6-4-3-5-7-13/h3-11H,1-2H3. The van der Waals surface area contributed by atoms with E-state index in [4.69, 9.17) is 0 Å². The molecule has 2 aromatic carbocycles. The molecule has 3 rings (SSSR count). The molecule has 0 unspecified atom stereocenters. The molecule has 0 bridgehead atoms. The van der Waals surface area contributed by atoms with Crippen molar-refractivity contribution in [3.63, 3.8) is 0 Å². The summed E-state index contributed by atoms with van der Waals surface area (Å²) in [5.41, 5.74) is 5.19. The average Bonchev–Trinajstić information content (AvgIpc) is 2.66. The maximum Gasteiger partial charge on any atom is 0.0480 e. The first-order valence-corrected chi connectivity index (χ1v) is 5.87. The quantitative estimate of drug-likeness (QED) is 0.581. The largest absolute Gasteiger partial charge is 0.350 e. The molecular formula is C16H15N. The lowest BCUT2D eigenvalue weighted by atomic mass is 10.0. The van der Waals surface area contributed by atoms with Gasteiger partial charge in [0.1, 0.15) is 0 Å². The summed E-state index contributed by atoms with van der Waals surface area (Å²) in [7, 11) is 2.09. The Balaban J connectivity index is 2.24. The molecule has 0 atom stereocenters. The Morgan fingerprint density at radius 3 is 2.41 bits per heavy atom. The van der Waals surface area contributed by atoms with Gasteiger partial charge in [0.05, 0.1) is 0 Å². The molecular weight excluding hydrogens is 206 g/mol. The van der Waals surface area contributed by atoms with Crippen molar-refractivity contribution >= 4 is 10.9 Å². The first-order chi connectivity index (χ1) is 8.25. The maximum absolute atomic E-state index is 2.28. The monoisotopic (exact) mass is 221 g/mol. The normalized spacial score (nSPS) is 10.9. The number of fused-ring (bicyclic) bond motifs is 1. The van der Waals surface area contributed by atoms with E-state index in [1.165, 1.54) is 27.6 Å². The Labute approximate surface area is 101 Å². The number of nitrogens with zero attached hydrogens (tertiary/aromatic N) is 1. The van der Waals surface area contributed by atoms with Gasteiger partial charge in [0, 0.05) is 24.1 Å². The number of rotatable bonds is 1. The van der Waals surface area contributed by atoms with Crippen LogP contribution in [0.25, 0.3) is 22.0 Å². The highest BCUT2D eigenvalue weighted by molar-refractivity contribution is 5.88. The van der Waals surface area contributed by atoms with Crippen molar-refractivity contribution < 1.29 is 0 Å². The zero-order valence-corrected chi connectivity index (χ0v) is 10.1. The molecule has 0 spiro atoms. The smallest absolute Gasteiger partial charge is 0.0480 e. The summed E-state index contributed by atoms with van der Waals surface area (Å²) < 4.78 is 2.18. The van der Waals surface area contributed by atoms with E-state index >= 15 is 0 Å². The summed E-state index contributed by atoms with van der Waals surface area (Å²) in [6, 6.07) is 17.2. The van der Waals surface area contributed by atoms with Crippen LogP contribution in [0.3, 0.4) is 0 Å². The summed E-state index contributed by atoms with van der Waals surface area (Å²) in [4.78, 5) is 0. The SMILES string of the molecule is Cc1cn(C)c2ccc(-c3ccccc3)cc12. The lowest BCUT2D eigenvalue weighted by Gasteiger charge is -2.03. The minimum Gasteiger partial charge on any atom is -0.350 e. The lowest BCUT2D eigenvalue weighted by Crippen LogP contribution is -1.83. The predicted molar refractivity (Wildman–Crippen MR) is 73.1 cm³/mol. The van der Waals surface area contributed by atoms with Crippen molar-refractivity contribution in [1.29, 1.82) is 0 Å². The second-order valence-corrected chi connectivity index (χ2v) is 4.52. The molecule has 3 aromatic rings. The van der Waals surface area contributed by atoms with E-state index in [-0.39, 0.29) is 0 Å². The fourth-order valence-electron chi connectivity index (χ4n) is 2.40. The van der Waals surface area contributed by atoms with Gasteiger partial charge in [-0.1, -0.05) is 36.4 Å². The second-order valence-electron chi connectivity index (χ2n) is 4.52. The summed E-state index contributed by atoms with van der Waals surface area (Å²) in [6.45, 7) is 2.16. The van der Waals surface area contributed by atoms with E-state index in [2.05, 4.69) is 73.3 Å². The fraction of sp³-hybridized carbons (Fsp3) is 0.125. The van der Waals surface area contributed by atoms with Crippen molar-refractivity contribution in [3.05, 3.63) is 60.3 Å². The van der Waals surface area contributed by atoms with Gasteiger partial charge >= 0.3 is 0 Å². The van der Waals surface area contributed by atoms with Crippen LogP contribution in [0.5, 0.6) is 0 Å². The Bertz CT molecular complexity index is 663. The topological polar surface area (TPSA) is 4.93 Å². The number of aromatic nitrogens is 1. The van der Waals surface area contributed by atoms with Crippen LogP contribution >= 0.6 is 0 Å².